The third-order valence-electron chi connectivity index (χ3n) is 4.15. The van der Waals surface area contributed by atoms with Crippen molar-refractivity contribution in [2.24, 2.45) is 0 Å². The molecule has 1 saturated carbocycles. The van der Waals surface area contributed by atoms with Crippen LogP contribution in [0.2, 0.25) is 0 Å². The molecule has 0 unspecified atom stereocenters. The lowest BCUT2D eigenvalue weighted by Gasteiger charge is -2.32. The van der Waals surface area contributed by atoms with Gasteiger partial charge in [-0.25, -0.2) is 9.18 Å². The first-order chi connectivity index (χ1) is 10.7. The fourth-order valence-electron chi connectivity index (χ4n) is 2.90. The predicted molar refractivity (Wildman–Crippen MR) is 79.3 cm³/mol. The summed E-state index contributed by atoms with van der Waals surface area (Å²) in [5, 5.41) is 3.02. The number of hydrogen-bond donors (Lipinski definition) is 1. The van der Waals surface area contributed by atoms with Gasteiger partial charge in [0, 0.05) is 25.6 Å². The van der Waals surface area contributed by atoms with Crippen molar-refractivity contribution in [2.45, 2.75) is 24.5 Å². The molecular formula is C16H21FN2O3. The van der Waals surface area contributed by atoms with E-state index in [0.717, 1.165) is 12.0 Å². The minimum Gasteiger partial charge on any atom is -0.382 e. The van der Waals surface area contributed by atoms with Crippen molar-refractivity contribution >= 4 is 6.03 Å². The van der Waals surface area contributed by atoms with Gasteiger partial charge in [-0.05, 0) is 24.1 Å². The van der Waals surface area contributed by atoms with E-state index in [1.807, 2.05) is 6.07 Å². The second-order valence-corrected chi connectivity index (χ2v) is 5.85. The van der Waals surface area contributed by atoms with E-state index >= 15 is 0 Å². The summed E-state index contributed by atoms with van der Waals surface area (Å²) in [6, 6.07) is 6.61. The standard InChI is InChI=1S/C16H21FN2O3/c1-21-10-13-9-19(5-6-22-13)16(20)18-15-8-14(15)11-3-2-4-12(17)7-11/h2-4,7,13-15H,5-6,8-10H2,1H3,(H,18,20)/t13-,14-,15+/m0/s1. The molecule has 0 aromatic heterocycles. The highest BCUT2D eigenvalue weighted by Gasteiger charge is 2.40. The minimum atomic E-state index is -0.231. The van der Waals surface area contributed by atoms with Gasteiger partial charge in [0.25, 0.3) is 0 Å². The molecule has 1 aromatic rings. The Bertz CT molecular complexity index is 538. The predicted octanol–water partition coefficient (Wildman–Crippen LogP) is 1.74. The Balaban J connectivity index is 1.51. The summed E-state index contributed by atoms with van der Waals surface area (Å²) in [6.07, 6.45) is 0.795. The molecule has 0 radical (unpaired) electrons. The molecule has 6 heteroatoms. The molecule has 2 amide bonds. The molecule has 1 aliphatic carbocycles. The average Bonchev–Trinajstić information content (AvgIpc) is 3.27. The number of nitrogens with one attached hydrogen (secondary N) is 1. The van der Waals surface area contributed by atoms with Crippen molar-refractivity contribution in [1.82, 2.24) is 10.2 Å². The number of nitrogens with zero attached hydrogens (tertiary/aromatic N) is 1. The molecule has 0 bridgehead atoms. The highest BCUT2D eigenvalue weighted by Crippen LogP contribution is 2.41. The van der Waals surface area contributed by atoms with Crippen LogP contribution in [0.1, 0.15) is 17.9 Å². The monoisotopic (exact) mass is 308 g/mol. The second-order valence-electron chi connectivity index (χ2n) is 5.85. The Hall–Kier alpha value is -1.66. The Kier molecular flexibility index (Phi) is 4.59. The number of hydrogen-bond acceptors (Lipinski definition) is 3. The van der Waals surface area contributed by atoms with Crippen molar-refractivity contribution in [1.29, 1.82) is 0 Å². The van der Waals surface area contributed by atoms with Crippen LogP contribution >= 0.6 is 0 Å². The van der Waals surface area contributed by atoms with Gasteiger partial charge in [0.1, 0.15) is 5.82 Å². The fraction of sp³-hybridized carbons (Fsp3) is 0.562. The Morgan fingerprint density at radius 1 is 1.55 bits per heavy atom. The number of ether oxygens (including phenoxy) is 2. The maximum Gasteiger partial charge on any atom is 0.317 e. The molecule has 2 fully saturated rings. The van der Waals surface area contributed by atoms with Crippen LogP contribution in [-0.2, 0) is 9.47 Å². The number of methoxy groups -OCH3 is 1. The molecule has 22 heavy (non-hydrogen) atoms. The molecule has 0 spiro atoms. The van der Waals surface area contributed by atoms with E-state index in [4.69, 9.17) is 9.47 Å². The highest BCUT2D eigenvalue weighted by molar-refractivity contribution is 5.75. The summed E-state index contributed by atoms with van der Waals surface area (Å²) in [5.41, 5.74) is 0.949. The third-order valence-corrected chi connectivity index (χ3v) is 4.15. The number of halogens is 1. The first-order valence-electron chi connectivity index (χ1n) is 7.59. The molecule has 1 N–H and O–H groups in total. The van der Waals surface area contributed by atoms with Gasteiger partial charge in [-0.3, -0.25) is 0 Å². The zero-order valence-corrected chi connectivity index (χ0v) is 12.6. The lowest BCUT2D eigenvalue weighted by Crippen LogP contribution is -2.51. The third kappa shape index (κ3) is 3.56. The van der Waals surface area contributed by atoms with Gasteiger partial charge in [-0.15, -0.1) is 0 Å². The van der Waals surface area contributed by atoms with E-state index in [9.17, 15) is 9.18 Å². The number of rotatable bonds is 4. The molecule has 1 aliphatic heterocycles. The average molecular weight is 308 g/mol. The Labute approximate surface area is 129 Å². The van der Waals surface area contributed by atoms with Gasteiger partial charge < -0.3 is 19.7 Å². The van der Waals surface area contributed by atoms with Crippen LogP contribution in [0.4, 0.5) is 9.18 Å². The summed E-state index contributed by atoms with van der Waals surface area (Å²) in [4.78, 5) is 14.0. The molecule has 1 saturated heterocycles. The van der Waals surface area contributed by atoms with Crippen LogP contribution < -0.4 is 5.32 Å². The van der Waals surface area contributed by atoms with Gasteiger partial charge >= 0.3 is 6.03 Å². The van der Waals surface area contributed by atoms with Gasteiger partial charge in [0.15, 0.2) is 0 Å². The first-order valence-corrected chi connectivity index (χ1v) is 7.59. The lowest BCUT2D eigenvalue weighted by molar-refractivity contribution is -0.0494. The Morgan fingerprint density at radius 2 is 2.41 bits per heavy atom. The zero-order valence-electron chi connectivity index (χ0n) is 12.6. The van der Waals surface area contributed by atoms with Crippen molar-refractivity contribution in [3.8, 4) is 0 Å². The van der Waals surface area contributed by atoms with Gasteiger partial charge in [-0.1, -0.05) is 12.1 Å². The van der Waals surface area contributed by atoms with Crippen molar-refractivity contribution in [3.63, 3.8) is 0 Å². The molecule has 3 rings (SSSR count). The SMILES string of the molecule is COC[C@@H]1CN(C(=O)N[C@@H]2C[C@H]2c2cccc(F)c2)CCO1. The fourth-order valence-corrected chi connectivity index (χ4v) is 2.90. The molecule has 5 nitrogen and oxygen atoms in total. The van der Waals surface area contributed by atoms with E-state index < -0.39 is 0 Å². The minimum absolute atomic E-state index is 0.0669. The van der Waals surface area contributed by atoms with E-state index in [2.05, 4.69) is 5.32 Å². The number of carbonyl (C=O) groups is 1. The van der Waals surface area contributed by atoms with Crippen LogP contribution in [0, 0.1) is 5.82 Å². The molecule has 2 aliphatic rings. The summed E-state index contributed by atoms with van der Waals surface area (Å²) < 4.78 is 23.8. The first kappa shape index (κ1) is 15.2. The quantitative estimate of drug-likeness (QED) is 0.922. The van der Waals surface area contributed by atoms with Crippen LogP contribution in [0.25, 0.3) is 0 Å². The molecule has 120 valence electrons. The van der Waals surface area contributed by atoms with E-state index in [-0.39, 0.29) is 29.9 Å². The summed E-state index contributed by atoms with van der Waals surface area (Å²) in [5.74, 6) is -0.0134. The largest absolute Gasteiger partial charge is 0.382 e. The zero-order chi connectivity index (χ0) is 15.5. The van der Waals surface area contributed by atoms with Crippen LogP contribution in [-0.4, -0.2) is 56.5 Å². The van der Waals surface area contributed by atoms with Crippen LogP contribution in [0.15, 0.2) is 24.3 Å². The highest BCUT2D eigenvalue weighted by atomic mass is 19.1. The molecule has 3 atom stereocenters. The molecule has 1 heterocycles. The number of amides is 2. The van der Waals surface area contributed by atoms with E-state index in [0.29, 0.717) is 26.3 Å². The summed E-state index contributed by atoms with van der Waals surface area (Å²) in [7, 11) is 1.62. The lowest BCUT2D eigenvalue weighted by atomic mass is 10.1. The molecular weight excluding hydrogens is 287 g/mol. The number of urea groups is 1. The maximum absolute atomic E-state index is 13.2. The topological polar surface area (TPSA) is 50.8 Å². The van der Waals surface area contributed by atoms with E-state index in [1.54, 1.807) is 24.1 Å². The van der Waals surface area contributed by atoms with Crippen LogP contribution in [0.3, 0.4) is 0 Å². The normalized spacial score (nSPS) is 27.5. The smallest absolute Gasteiger partial charge is 0.317 e. The Morgan fingerprint density at radius 3 is 3.18 bits per heavy atom. The van der Waals surface area contributed by atoms with E-state index in [1.165, 1.54) is 6.07 Å². The van der Waals surface area contributed by atoms with Crippen molar-refractivity contribution in [3.05, 3.63) is 35.6 Å². The van der Waals surface area contributed by atoms with Gasteiger partial charge in [-0.2, -0.15) is 0 Å². The van der Waals surface area contributed by atoms with Crippen molar-refractivity contribution in [2.75, 3.05) is 33.4 Å². The summed E-state index contributed by atoms with van der Waals surface area (Å²) >= 11 is 0. The van der Waals surface area contributed by atoms with Gasteiger partial charge in [0.05, 0.1) is 25.9 Å². The van der Waals surface area contributed by atoms with Crippen molar-refractivity contribution < 1.29 is 18.7 Å². The number of morpholine rings is 1. The van der Waals surface area contributed by atoms with Crippen LogP contribution in [0.5, 0.6) is 0 Å². The number of carbonyl (C=O) groups excluding carboxylic acids is 1. The second kappa shape index (κ2) is 6.62. The van der Waals surface area contributed by atoms with Gasteiger partial charge in [0.2, 0.25) is 0 Å². The molecule has 1 aromatic carbocycles. The maximum atomic E-state index is 13.2. The summed E-state index contributed by atoms with van der Waals surface area (Å²) in [6.45, 7) is 2.14. The number of benzene rings is 1.